The third-order valence-corrected chi connectivity index (χ3v) is 3.59. The molecule has 1 N–H and O–H groups in total. The minimum absolute atomic E-state index is 0.0315. The zero-order chi connectivity index (χ0) is 17.5. The van der Waals surface area contributed by atoms with Crippen LogP contribution in [-0.4, -0.2) is 37.2 Å². The Morgan fingerprint density at radius 3 is 3.00 bits per heavy atom. The standard InChI is InChI=1S/C16H17N3O5/c1-23-15-5-4-11(8-14(15)19(21)22)7-12(9-17)16(20)18-10-13-3-2-6-24-13/h4-5,7-8,13H,2-3,6,10H2,1H3,(H,18,20)/b12-7+/t13-/m1/s1. The van der Waals surface area contributed by atoms with E-state index in [1.54, 1.807) is 0 Å². The first-order valence-corrected chi connectivity index (χ1v) is 7.39. The first kappa shape index (κ1) is 17.4. The fourth-order valence-corrected chi connectivity index (χ4v) is 2.36. The predicted molar refractivity (Wildman–Crippen MR) is 85.2 cm³/mol. The van der Waals surface area contributed by atoms with Crippen molar-refractivity contribution < 1.29 is 19.2 Å². The van der Waals surface area contributed by atoms with Gasteiger partial charge in [0, 0.05) is 19.2 Å². The number of nitrogens with zero attached hydrogens (tertiary/aromatic N) is 2. The molecule has 0 saturated carbocycles. The van der Waals surface area contributed by atoms with Crippen LogP contribution in [0, 0.1) is 21.4 Å². The van der Waals surface area contributed by atoms with E-state index < -0.39 is 10.8 Å². The number of benzene rings is 1. The van der Waals surface area contributed by atoms with Gasteiger partial charge < -0.3 is 14.8 Å². The highest BCUT2D eigenvalue weighted by atomic mass is 16.6. The van der Waals surface area contributed by atoms with E-state index in [0.717, 1.165) is 12.8 Å². The monoisotopic (exact) mass is 331 g/mol. The van der Waals surface area contributed by atoms with Crippen LogP contribution in [0.3, 0.4) is 0 Å². The van der Waals surface area contributed by atoms with E-state index in [4.69, 9.17) is 14.7 Å². The number of ether oxygens (including phenoxy) is 2. The van der Waals surface area contributed by atoms with Crippen molar-refractivity contribution in [2.24, 2.45) is 0 Å². The summed E-state index contributed by atoms with van der Waals surface area (Å²) in [5, 5.41) is 22.8. The zero-order valence-electron chi connectivity index (χ0n) is 13.2. The van der Waals surface area contributed by atoms with E-state index in [1.807, 2.05) is 6.07 Å². The lowest BCUT2D eigenvalue weighted by atomic mass is 10.1. The van der Waals surface area contributed by atoms with Crippen LogP contribution in [0.1, 0.15) is 18.4 Å². The van der Waals surface area contributed by atoms with Crippen LogP contribution in [0.5, 0.6) is 5.75 Å². The average Bonchev–Trinajstić information content (AvgIpc) is 3.10. The molecule has 0 bridgehead atoms. The van der Waals surface area contributed by atoms with Crippen molar-refractivity contribution >= 4 is 17.7 Å². The quantitative estimate of drug-likeness (QED) is 0.368. The Labute approximate surface area is 138 Å². The molecular formula is C16H17N3O5. The number of hydrogen-bond acceptors (Lipinski definition) is 6. The molecule has 1 aliphatic rings. The number of carbonyl (C=O) groups excluding carboxylic acids is 1. The number of nitrogens with one attached hydrogen (secondary N) is 1. The molecule has 8 nitrogen and oxygen atoms in total. The van der Waals surface area contributed by atoms with Crippen LogP contribution < -0.4 is 10.1 Å². The first-order chi connectivity index (χ1) is 11.5. The topological polar surface area (TPSA) is 114 Å². The normalized spacial score (nSPS) is 17.2. The lowest BCUT2D eigenvalue weighted by Crippen LogP contribution is -2.32. The number of methoxy groups -OCH3 is 1. The molecule has 2 rings (SSSR count). The summed E-state index contributed by atoms with van der Waals surface area (Å²) in [6, 6.07) is 6.02. The van der Waals surface area contributed by atoms with Gasteiger partial charge in [0.25, 0.3) is 5.91 Å². The van der Waals surface area contributed by atoms with Crippen LogP contribution in [-0.2, 0) is 9.53 Å². The highest BCUT2D eigenvalue weighted by molar-refractivity contribution is 6.01. The summed E-state index contributed by atoms with van der Waals surface area (Å²) in [7, 11) is 1.33. The molecule has 126 valence electrons. The van der Waals surface area contributed by atoms with E-state index in [0.29, 0.717) is 18.7 Å². The fraction of sp³-hybridized carbons (Fsp3) is 0.375. The number of carbonyl (C=O) groups is 1. The molecule has 1 fully saturated rings. The highest BCUT2D eigenvalue weighted by Gasteiger charge is 2.18. The molecule has 0 radical (unpaired) electrons. The number of nitriles is 1. The molecule has 8 heteroatoms. The summed E-state index contributed by atoms with van der Waals surface area (Å²) in [5.41, 5.74) is 0.00193. The Morgan fingerprint density at radius 2 is 2.42 bits per heavy atom. The molecule has 1 aromatic carbocycles. The summed E-state index contributed by atoms with van der Waals surface area (Å²) in [6.07, 6.45) is 3.10. The zero-order valence-corrected chi connectivity index (χ0v) is 13.2. The third-order valence-electron chi connectivity index (χ3n) is 3.59. The van der Waals surface area contributed by atoms with Crippen LogP contribution >= 0.6 is 0 Å². The predicted octanol–water partition coefficient (Wildman–Crippen LogP) is 1.81. The molecular weight excluding hydrogens is 314 g/mol. The molecule has 0 spiro atoms. The van der Waals surface area contributed by atoms with Crippen molar-refractivity contribution in [3.8, 4) is 11.8 Å². The second-order valence-electron chi connectivity index (χ2n) is 5.20. The van der Waals surface area contributed by atoms with Gasteiger partial charge in [-0.05, 0) is 30.5 Å². The Balaban J connectivity index is 2.14. The molecule has 1 aromatic rings. The second-order valence-corrected chi connectivity index (χ2v) is 5.20. The van der Waals surface area contributed by atoms with Gasteiger partial charge in [0.1, 0.15) is 11.6 Å². The summed E-state index contributed by atoms with van der Waals surface area (Å²) < 4.78 is 10.3. The highest BCUT2D eigenvalue weighted by Crippen LogP contribution is 2.28. The van der Waals surface area contributed by atoms with Crippen molar-refractivity contribution in [2.45, 2.75) is 18.9 Å². The maximum Gasteiger partial charge on any atom is 0.311 e. The van der Waals surface area contributed by atoms with Gasteiger partial charge in [-0.3, -0.25) is 14.9 Å². The molecule has 1 heterocycles. The molecule has 0 unspecified atom stereocenters. The second kappa shape index (κ2) is 8.08. The van der Waals surface area contributed by atoms with Gasteiger partial charge in [0.05, 0.1) is 18.1 Å². The molecule has 1 saturated heterocycles. The van der Waals surface area contributed by atoms with Crippen LogP contribution in [0.4, 0.5) is 5.69 Å². The molecule has 0 aliphatic carbocycles. The maximum absolute atomic E-state index is 12.1. The summed E-state index contributed by atoms with van der Waals surface area (Å²) in [6.45, 7) is 1.01. The lowest BCUT2D eigenvalue weighted by molar-refractivity contribution is -0.385. The lowest BCUT2D eigenvalue weighted by Gasteiger charge is -2.10. The molecule has 24 heavy (non-hydrogen) atoms. The Bertz CT molecular complexity index is 702. The number of rotatable bonds is 6. The first-order valence-electron chi connectivity index (χ1n) is 7.39. The SMILES string of the molecule is COc1ccc(/C=C(\C#N)C(=O)NC[C@H]2CCCO2)cc1[N+](=O)[O-]. The number of amides is 1. The van der Waals surface area contributed by atoms with Gasteiger partial charge in [0.2, 0.25) is 0 Å². The van der Waals surface area contributed by atoms with Crippen molar-refractivity contribution in [2.75, 3.05) is 20.3 Å². The molecule has 1 aliphatic heterocycles. The van der Waals surface area contributed by atoms with Crippen molar-refractivity contribution in [3.05, 3.63) is 39.4 Å². The van der Waals surface area contributed by atoms with E-state index >= 15 is 0 Å². The molecule has 0 aromatic heterocycles. The van der Waals surface area contributed by atoms with Gasteiger partial charge >= 0.3 is 5.69 Å². The minimum atomic E-state index is -0.584. The summed E-state index contributed by atoms with van der Waals surface area (Å²) >= 11 is 0. The Kier molecular flexibility index (Phi) is 5.87. The number of hydrogen-bond donors (Lipinski definition) is 1. The van der Waals surface area contributed by atoms with Crippen molar-refractivity contribution in [1.29, 1.82) is 5.26 Å². The number of nitro benzene ring substituents is 1. The minimum Gasteiger partial charge on any atom is -0.490 e. The average molecular weight is 331 g/mol. The summed E-state index contributed by atoms with van der Waals surface area (Å²) in [4.78, 5) is 22.5. The molecule has 1 amide bonds. The fourth-order valence-electron chi connectivity index (χ4n) is 2.36. The van der Waals surface area contributed by atoms with Crippen molar-refractivity contribution in [1.82, 2.24) is 5.32 Å². The maximum atomic E-state index is 12.1. The smallest absolute Gasteiger partial charge is 0.311 e. The van der Waals surface area contributed by atoms with Gasteiger partial charge in [-0.15, -0.1) is 0 Å². The van der Waals surface area contributed by atoms with E-state index in [-0.39, 0.29) is 23.1 Å². The van der Waals surface area contributed by atoms with Gasteiger partial charge in [-0.25, -0.2) is 0 Å². The third kappa shape index (κ3) is 4.30. The van der Waals surface area contributed by atoms with Crippen LogP contribution in [0.15, 0.2) is 23.8 Å². The van der Waals surface area contributed by atoms with E-state index in [2.05, 4.69) is 5.32 Å². The van der Waals surface area contributed by atoms with E-state index in [9.17, 15) is 14.9 Å². The van der Waals surface area contributed by atoms with E-state index in [1.165, 1.54) is 31.4 Å². The summed E-state index contributed by atoms with van der Waals surface area (Å²) in [5.74, 6) is -0.426. The van der Waals surface area contributed by atoms with Crippen molar-refractivity contribution in [3.63, 3.8) is 0 Å². The largest absolute Gasteiger partial charge is 0.490 e. The van der Waals surface area contributed by atoms with Gasteiger partial charge in [-0.1, -0.05) is 6.07 Å². The van der Waals surface area contributed by atoms with Gasteiger partial charge in [-0.2, -0.15) is 5.26 Å². The van der Waals surface area contributed by atoms with Crippen LogP contribution in [0.2, 0.25) is 0 Å². The van der Waals surface area contributed by atoms with Crippen LogP contribution in [0.25, 0.3) is 6.08 Å². The Hall–Kier alpha value is -2.92. The number of nitro groups is 1. The Morgan fingerprint density at radius 1 is 1.62 bits per heavy atom. The molecule has 1 atom stereocenters. The van der Waals surface area contributed by atoms with Gasteiger partial charge in [0.15, 0.2) is 5.75 Å².